The third kappa shape index (κ3) is 4.05. The van der Waals surface area contributed by atoms with Crippen LogP contribution in [0.1, 0.15) is 18.5 Å². The Morgan fingerprint density at radius 1 is 1.53 bits per heavy atom. The Bertz CT molecular complexity index is 317. The number of ether oxygens (including phenoxy) is 1. The van der Waals surface area contributed by atoms with Crippen LogP contribution >= 0.6 is 27.7 Å². The van der Waals surface area contributed by atoms with Gasteiger partial charge in [-0.05, 0) is 25.3 Å². The highest BCUT2D eigenvalue weighted by atomic mass is 79.9. The first-order chi connectivity index (χ1) is 7.15. The van der Waals surface area contributed by atoms with Gasteiger partial charge in [0.15, 0.2) is 0 Å². The summed E-state index contributed by atoms with van der Waals surface area (Å²) >= 11 is 5.20. The van der Waals surface area contributed by atoms with Crippen LogP contribution in [0.3, 0.4) is 0 Å². The summed E-state index contributed by atoms with van der Waals surface area (Å²) in [5.74, 6) is 1.87. The van der Waals surface area contributed by atoms with E-state index in [1.54, 1.807) is 11.8 Å². The highest BCUT2D eigenvalue weighted by Gasteiger charge is 2.08. The monoisotopic (exact) mass is 289 g/mol. The quantitative estimate of drug-likeness (QED) is 0.846. The third-order valence-electron chi connectivity index (χ3n) is 2.01. The van der Waals surface area contributed by atoms with Crippen molar-refractivity contribution in [2.45, 2.75) is 13.0 Å². The van der Waals surface area contributed by atoms with Crippen molar-refractivity contribution in [3.8, 4) is 5.75 Å². The lowest BCUT2D eigenvalue weighted by Gasteiger charge is -2.14. The van der Waals surface area contributed by atoms with Crippen LogP contribution in [0, 0.1) is 0 Å². The molecular formula is C11H16BrNOS. The first kappa shape index (κ1) is 12.9. The molecule has 0 aliphatic rings. The van der Waals surface area contributed by atoms with Crippen LogP contribution in [-0.2, 0) is 0 Å². The molecule has 0 heterocycles. The van der Waals surface area contributed by atoms with Crippen molar-refractivity contribution in [3.05, 3.63) is 28.2 Å². The zero-order chi connectivity index (χ0) is 11.3. The molecule has 15 heavy (non-hydrogen) atoms. The van der Waals surface area contributed by atoms with Gasteiger partial charge in [0.1, 0.15) is 5.75 Å². The normalized spacial score (nSPS) is 12.5. The SMILES string of the molecule is CSCCOc1cc(Br)ccc1C(C)N. The van der Waals surface area contributed by atoms with Crippen LogP contribution in [0.15, 0.2) is 22.7 Å². The van der Waals surface area contributed by atoms with Gasteiger partial charge in [0.2, 0.25) is 0 Å². The minimum Gasteiger partial charge on any atom is -0.492 e. The molecule has 1 atom stereocenters. The van der Waals surface area contributed by atoms with E-state index in [0.29, 0.717) is 0 Å². The molecule has 0 radical (unpaired) electrons. The van der Waals surface area contributed by atoms with Crippen molar-refractivity contribution in [1.82, 2.24) is 0 Å². The van der Waals surface area contributed by atoms with Gasteiger partial charge in [0.05, 0.1) is 6.61 Å². The molecule has 0 aliphatic heterocycles. The van der Waals surface area contributed by atoms with Crippen LogP contribution in [-0.4, -0.2) is 18.6 Å². The average Bonchev–Trinajstić information content (AvgIpc) is 2.18. The summed E-state index contributed by atoms with van der Waals surface area (Å²) in [5, 5.41) is 0. The maximum Gasteiger partial charge on any atom is 0.125 e. The smallest absolute Gasteiger partial charge is 0.125 e. The molecule has 4 heteroatoms. The molecule has 0 saturated carbocycles. The van der Waals surface area contributed by atoms with Gasteiger partial charge < -0.3 is 10.5 Å². The van der Waals surface area contributed by atoms with Gasteiger partial charge in [-0.2, -0.15) is 11.8 Å². The van der Waals surface area contributed by atoms with Gasteiger partial charge in [-0.3, -0.25) is 0 Å². The van der Waals surface area contributed by atoms with E-state index >= 15 is 0 Å². The standard InChI is InChI=1S/C11H16BrNOS/c1-8(13)10-4-3-9(12)7-11(10)14-5-6-15-2/h3-4,7-8H,5-6,13H2,1-2H3. The van der Waals surface area contributed by atoms with Crippen LogP contribution in [0.5, 0.6) is 5.75 Å². The van der Waals surface area contributed by atoms with E-state index in [-0.39, 0.29) is 6.04 Å². The molecule has 0 aliphatic carbocycles. The van der Waals surface area contributed by atoms with Crippen molar-refractivity contribution < 1.29 is 4.74 Å². The van der Waals surface area contributed by atoms with E-state index in [0.717, 1.165) is 28.1 Å². The number of rotatable bonds is 5. The molecular weight excluding hydrogens is 274 g/mol. The highest BCUT2D eigenvalue weighted by Crippen LogP contribution is 2.27. The molecule has 1 aromatic carbocycles. The first-order valence-electron chi connectivity index (χ1n) is 4.82. The summed E-state index contributed by atoms with van der Waals surface area (Å²) in [6, 6.07) is 5.96. The van der Waals surface area contributed by atoms with Crippen LogP contribution in [0.2, 0.25) is 0 Å². The van der Waals surface area contributed by atoms with Crippen LogP contribution in [0.25, 0.3) is 0 Å². The Kier molecular flexibility index (Phi) is 5.50. The van der Waals surface area contributed by atoms with Crippen molar-refractivity contribution in [2.24, 2.45) is 5.73 Å². The average molecular weight is 290 g/mol. The molecule has 1 unspecified atom stereocenters. The van der Waals surface area contributed by atoms with Gasteiger partial charge in [0, 0.05) is 21.8 Å². The van der Waals surface area contributed by atoms with Crippen molar-refractivity contribution >= 4 is 27.7 Å². The summed E-state index contributed by atoms with van der Waals surface area (Å²) in [4.78, 5) is 0. The Morgan fingerprint density at radius 3 is 2.87 bits per heavy atom. The summed E-state index contributed by atoms with van der Waals surface area (Å²) in [6.45, 7) is 2.68. The zero-order valence-electron chi connectivity index (χ0n) is 9.00. The fourth-order valence-corrected chi connectivity index (χ4v) is 1.83. The van der Waals surface area contributed by atoms with Gasteiger partial charge in [0.25, 0.3) is 0 Å². The van der Waals surface area contributed by atoms with Crippen molar-refractivity contribution in [1.29, 1.82) is 0 Å². The number of nitrogens with two attached hydrogens (primary N) is 1. The van der Waals surface area contributed by atoms with E-state index in [9.17, 15) is 0 Å². The predicted molar refractivity (Wildman–Crippen MR) is 70.6 cm³/mol. The molecule has 0 saturated heterocycles. The summed E-state index contributed by atoms with van der Waals surface area (Å²) < 4.78 is 6.71. The maximum absolute atomic E-state index is 5.87. The lowest BCUT2D eigenvalue weighted by molar-refractivity contribution is 0.338. The molecule has 2 N–H and O–H groups in total. The molecule has 0 fully saturated rings. The van der Waals surface area contributed by atoms with E-state index in [1.807, 2.05) is 25.1 Å². The number of hydrogen-bond acceptors (Lipinski definition) is 3. The highest BCUT2D eigenvalue weighted by molar-refractivity contribution is 9.10. The Labute approximate surface area is 104 Å². The summed E-state index contributed by atoms with van der Waals surface area (Å²) in [7, 11) is 0. The molecule has 1 aromatic rings. The lowest BCUT2D eigenvalue weighted by Crippen LogP contribution is -2.09. The maximum atomic E-state index is 5.87. The Hall–Kier alpha value is -0.190. The Balaban J connectivity index is 2.77. The number of benzene rings is 1. The van der Waals surface area contributed by atoms with Crippen molar-refractivity contribution in [3.63, 3.8) is 0 Å². The number of thioether (sulfide) groups is 1. The first-order valence-corrected chi connectivity index (χ1v) is 7.00. The predicted octanol–water partition coefficient (Wildman–Crippen LogP) is 3.21. The second-order valence-electron chi connectivity index (χ2n) is 3.31. The van der Waals surface area contributed by atoms with Gasteiger partial charge in [-0.15, -0.1) is 0 Å². The van der Waals surface area contributed by atoms with E-state index < -0.39 is 0 Å². The third-order valence-corrected chi connectivity index (χ3v) is 3.08. The fraction of sp³-hybridized carbons (Fsp3) is 0.455. The van der Waals surface area contributed by atoms with Crippen molar-refractivity contribution in [2.75, 3.05) is 18.6 Å². The van der Waals surface area contributed by atoms with Crippen LogP contribution < -0.4 is 10.5 Å². The minimum atomic E-state index is 0.00220. The minimum absolute atomic E-state index is 0.00220. The largest absolute Gasteiger partial charge is 0.492 e. The zero-order valence-corrected chi connectivity index (χ0v) is 11.4. The van der Waals surface area contributed by atoms with E-state index in [1.165, 1.54) is 0 Å². The molecule has 2 nitrogen and oxygen atoms in total. The number of halogens is 1. The van der Waals surface area contributed by atoms with Gasteiger partial charge in [-0.1, -0.05) is 22.0 Å². The molecule has 0 bridgehead atoms. The molecule has 0 spiro atoms. The molecule has 0 aromatic heterocycles. The fourth-order valence-electron chi connectivity index (χ4n) is 1.24. The van der Waals surface area contributed by atoms with E-state index in [2.05, 4.69) is 22.2 Å². The van der Waals surface area contributed by atoms with Gasteiger partial charge in [-0.25, -0.2) is 0 Å². The van der Waals surface area contributed by atoms with Gasteiger partial charge >= 0.3 is 0 Å². The molecule has 0 amide bonds. The lowest BCUT2D eigenvalue weighted by atomic mass is 10.1. The second-order valence-corrected chi connectivity index (χ2v) is 5.21. The second kappa shape index (κ2) is 6.40. The topological polar surface area (TPSA) is 35.2 Å². The molecule has 1 rings (SSSR count). The number of hydrogen-bond donors (Lipinski definition) is 1. The Morgan fingerprint density at radius 2 is 2.27 bits per heavy atom. The summed E-state index contributed by atoms with van der Waals surface area (Å²) in [6.07, 6.45) is 2.07. The summed E-state index contributed by atoms with van der Waals surface area (Å²) in [5.41, 5.74) is 6.92. The van der Waals surface area contributed by atoms with Crippen LogP contribution in [0.4, 0.5) is 0 Å². The molecule has 84 valence electrons. The van der Waals surface area contributed by atoms with E-state index in [4.69, 9.17) is 10.5 Å².